The van der Waals surface area contributed by atoms with Crippen LogP contribution in [0.25, 0.3) is 21.9 Å². The monoisotopic (exact) mass is 298 g/mol. The summed E-state index contributed by atoms with van der Waals surface area (Å²) in [6.45, 7) is 2.05. The van der Waals surface area contributed by atoms with E-state index in [9.17, 15) is 0 Å². The van der Waals surface area contributed by atoms with Crippen molar-refractivity contribution in [1.82, 2.24) is 0 Å². The molecule has 0 aliphatic carbocycles. The van der Waals surface area contributed by atoms with Gasteiger partial charge in [-0.05, 0) is 42.8 Å². The first-order chi connectivity index (χ1) is 11.3. The fourth-order valence-electron chi connectivity index (χ4n) is 2.84. The highest BCUT2D eigenvalue weighted by Gasteiger charge is 2.11. The van der Waals surface area contributed by atoms with Gasteiger partial charge in [-0.1, -0.05) is 30.3 Å². The van der Waals surface area contributed by atoms with Crippen molar-refractivity contribution < 1.29 is 4.42 Å². The fraction of sp³-hybridized carbons (Fsp3) is 0.0500. The summed E-state index contributed by atoms with van der Waals surface area (Å²) >= 11 is 0. The predicted octanol–water partition coefficient (Wildman–Crippen LogP) is 5.51. The Morgan fingerprint density at radius 3 is 2.30 bits per heavy atom. The van der Waals surface area contributed by atoms with Crippen LogP contribution in [0.4, 0.5) is 11.4 Å². The van der Waals surface area contributed by atoms with E-state index in [4.69, 9.17) is 9.68 Å². The molecule has 3 heteroatoms. The molecule has 0 fully saturated rings. The Morgan fingerprint density at radius 2 is 1.57 bits per heavy atom. The van der Waals surface area contributed by atoms with Crippen molar-refractivity contribution in [3.8, 4) is 6.07 Å². The van der Waals surface area contributed by atoms with Gasteiger partial charge in [0, 0.05) is 16.5 Å². The fourth-order valence-corrected chi connectivity index (χ4v) is 2.84. The van der Waals surface area contributed by atoms with Gasteiger partial charge in [-0.2, -0.15) is 5.26 Å². The summed E-state index contributed by atoms with van der Waals surface area (Å²) in [6, 6.07) is 21.8. The Morgan fingerprint density at radius 1 is 0.870 bits per heavy atom. The summed E-state index contributed by atoms with van der Waals surface area (Å²) in [7, 11) is 0. The molecule has 4 rings (SSSR count). The Kier molecular flexibility index (Phi) is 3.03. The highest BCUT2D eigenvalue weighted by atomic mass is 16.3. The Labute approximate surface area is 133 Å². The molecule has 0 saturated heterocycles. The summed E-state index contributed by atoms with van der Waals surface area (Å²) in [4.78, 5) is 0. The largest absolute Gasteiger partial charge is 0.454 e. The van der Waals surface area contributed by atoms with Crippen molar-refractivity contribution in [2.75, 3.05) is 5.32 Å². The van der Waals surface area contributed by atoms with Gasteiger partial charge in [0.25, 0.3) is 0 Å². The molecule has 23 heavy (non-hydrogen) atoms. The molecule has 0 saturated carbocycles. The van der Waals surface area contributed by atoms with Gasteiger partial charge in [-0.15, -0.1) is 0 Å². The summed E-state index contributed by atoms with van der Waals surface area (Å²) in [5.41, 5.74) is 5.39. The van der Waals surface area contributed by atoms with Crippen LogP contribution >= 0.6 is 0 Å². The van der Waals surface area contributed by atoms with Crippen LogP contribution in [0.15, 0.2) is 65.1 Å². The average molecular weight is 298 g/mol. The van der Waals surface area contributed by atoms with Gasteiger partial charge in [0.15, 0.2) is 5.58 Å². The molecule has 0 aliphatic heterocycles. The minimum Gasteiger partial charge on any atom is -0.454 e. The molecule has 4 aromatic rings. The molecule has 1 heterocycles. The maximum atomic E-state index is 8.88. The van der Waals surface area contributed by atoms with E-state index in [0.717, 1.165) is 38.9 Å². The number of fused-ring (bicyclic) bond motifs is 3. The average Bonchev–Trinajstić information content (AvgIpc) is 2.97. The third-order valence-corrected chi connectivity index (χ3v) is 4.01. The van der Waals surface area contributed by atoms with Crippen molar-refractivity contribution >= 4 is 33.3 Å². The van der Waals surface area contributed by atoms with Crippen molar-refractivity contribution in [2.24, 2.45) is 0 Å². The summed E-state index contributed by atoms with van der Waals surface area (Å²) < 4.78 is 6.12. The summed E-state index contributed by atoms with van der Waals surface area (Å²) in [5.74, 6) is 0. The zero-order valence-electron chi connectivity index (χ0n) is 12.6. The van der Waals surface area contributed by atoms with Gasteiger partial charge < -0.3 is 9.73 Å². The number of nitrogens with one attached hydrogen (secondary N) is 1. The van der Waals surface area contributed by atoms with E-state index in [2.05, 4.69) is 36.5 Å². The zero-order valence-corrected chi connectivity index (χ0v) is 12.6. The second-order valence-corrected chi connectivity index (χ2v) is 5.55. The quantitative estimate of drug-likeness (QED) is 0.531. The number of benzene rings is 3. The number of rotatable bonds is 2. The van der Waals surface area contributed by atoms with Crippen molar-refractivity contribution in [3.63, 3.8) is 0 Å². The van der Waals surface area contributed by atoms with Crippen molar-refractivity contribution in [1.29, 1.82) is 5.26 Å². The number of hydrogen-bond acceptors (Lipinski definition) is 3. The van der Waals surface area contributed by atoms with E-state index in [1.807, 2.05) is 30.3 Å². The highest BCUT2D eigenvalue weighted by molar-refractivity contribution is 6.09. The lowest BCUT2D eigenvalue weighted by molar-refractivity contribution is 0.667. The third-order valence-electron chi connectivity index (χ3n) is 4.01. The van der Waals surface area contributed by atoms with Crippen molar-refractivity contribution in [2.45, 2.75) is 6.92 Å². The molecule has 0 bridgehead atoms. The number of hydrogen-bond donors (Lipinski definition) is 1. The van der Waals surface area contributed by atoms with E-state index in [1.165, 1.54) is 0 Å². The molecule has 0 radical (unpaired) electrons. The SMILES string of the molecule is Cc1cccc2c1oc1c(Nc3ccc(C#N)cc3)cccc12. The molecule has 1 N–H and O–H groups in total. The van der Waals surface area contributed by atoms with Crippen LogP contribution in [-0.4, -0.2) is 0 Å². The van der Waals surface area contributed by atoms with Crippen LogP contribution in [0.2, 0.25) is 0 Å². The minimum absolute atomic E-state index is 0.646. The minimum atomic E-state index is 0.646. The first kappa shape index (κ1) is 13.4. The van der Waals surface area contributed by atoms with E-state index in [-0.39, 0.29) is 0 Å². The summed E-state index contributed by atoms with van der Waals surface area (Å²) in [5, 5.41) is 14.5. The Balaban J connectivity index is 1.85. The third kappa shape index (κ3) is 2.21. The van der Waals surface area contributed by atoms with Crippen LogP contribution in [0.1, 0.15) is 11.1 Å². The van der Waals surface area contributed by atoms with Crippen LogP contribution in [-0.2, 0) is 0 Å². The number of para-hydroxylation sites is 2. The molecular weight excluding hydrogens is 284 g/mol. The van der Waals surface area contributed by atoms with Crippen LogP contribution in [0, 0.1) is 18.3 Å². The second kappa shape index (κ2) is 5.19. The number of nitrogens with zero attached hydrogens (tertiary/aromatic N) is 1. The first-order valence-electron chi connectivity index (χ1n) is 7.44. The topological polar surface area (TPSA) is 49.0 Å². The van der Waals surface area contributed by atoms with Gasteiger partial charge in [0.2, 0.25) is 0 Å². The first-order valence-corrected chi connectivity index (χ1v) is 7.44. The molecule has 3 nitrogen and oxygen atoms in total. The molecular formula is C20H14N2O. The Bertz CT molecular complexity index is 1050. The lowest BCUT2D eigenvalue weighted by Gasteiger charge is -2.06. The molecule has 1 aromatic heterocycles. The number of nitriles is 1. The lowest BCUT2D eigenvalue weighted by atomic mass is 10.1. The molecule has 110 valence electrons. The van der Waals surface area contributed by atoms with E-state index in [1.54, 1.807) is 12.1 Å². The molecule has 0 unspecified atom stereocenters. The van der Waals surface area contributed by atoms with Crippen LogP contribution < -0.4 is 5.32 Å². The molecule has 0 aliphatic rings. The summed E-state index contributed by atoms with van der Waals surface area (Å²) in [6.07, 6.45) is 0. The molecule has 0 amide bonds. The predicted molar refractivity (Wildman–Crippen MR) is 92.9 cm³/mol. The van der Waals surface area contributed by atoms with Crippen molar-refractivity contribution in [3.05, 3.63) is 71.8 Å². The number of anilines is 2. The highest BCUT2D eigenvalue weighted by Crippen LogP contribution is 2.35. The Hall–Kier alpha value is -3.25. The number of furan rings is 1. The maximum Gasteiger partial charge on any atom is 0.158 e. The van der Waals surface area contributed by atoms with Gasteiger partial charge in [0.1, 0.15) is 5.58 Å². The van der Waals surface area contributed by atoms with Gasteiger partial charge >= 0.3 is 0 Å². The van der Waals surface area contributed by atoms with Crippen LogP contribution in [0.5, 0.6) is 0 Å². The van der Waals surface area contributed by atoms with E-state index in [0.29, 0.717) is 5.56 Å². The standard InChI is InChI=1S/C20H14N2O/c1-13-4-2-5-16-17-6-3-7-18(20(17)23-19(13)16)22-15-10-8-14(12-21)9-11-15/h2-11,22H,1H3. The van der Waals surface area contributed by atoms with Crippen LogP contribution in [0.3, 0.4) is 0 Å². The molecule has 3 aromatic carbocycles. The van der Waals surface area contributed by atoms with E-state index < -0.39 is 0 Å². The smallest absolute Gasteiger partial charge is 0.158 e. The molecule has 0 atom stereocenters. The van der Waals surface area contributed by atoms with Gasteiger partial charge in [-0.3, -0.25) is 0 Å². The second-order valence-electron chi connectivity index (χ2n) is 5.55. The normalized spacial score (nSPS) is 10.8. The van der Waals surface area contributed by atoms with E-state index >= 15 is 0 Å². The maximum absolute atomic E-state index is 8.88. The zero-order chi connectivity index (χ0) is 15.8. The molecule has 0 spiro atoms. The van der Waals surface area contributed by atoms with Gasteiger partial charge in [0.05, 0.1) is 17.3 Å². The number of aryl methyl sites for hydroxylation is 1. The lowest BCUT2D eigenvalue weighted by Crippen LogP contribution is -1.90. The van der Waals surface area contributed by atoms with Gasteiger partial charge in [-0.25, -0.2) is 0 Å².